The molecule has 0 aliphatic rings. The molecule has 12 heteroatoms. The van der Waals surface area contributed by atoms with Gasteiger partial charge in [0, 0.05) is 25.1 Å². The van der Waals surface area contributed by atoms with Crippen molar-refractivity contribution in [3.63, 3.8) is 0 Å². The highest BCUT2D eigenvalue weighted by Crippen LogP contribution is 2.32. The molecule has 0 aliphatic heterocycles. The van der Waals surface area contributed by atoms with Gasteiger partial charge in [0.05, 0.1) is 11.1 Å². The van der Waals surface area contributed by atoms with Crippen LogP contribution in [0.1, 0.15) is 17.0 Å². The molecule has 3 heterocycles. The molecule has 3 aromatic heterocycles. The van der Waals surface area contributed by atoms with Crippen molar-refractivity contribution in [3.05, 3.63) is 64.2 Å². The van der Waals surface area contributed by atoms with Crippen molar-refractivity contribution in [3.8, 4) is 11.4 Å². The highest BCUT2D eigenvalue weighted by atomic mass is 19.4. The first-order chi connectivity index (χ1) is 13.1. The van der Waals surface area contributed by atoms with Crippen LogP contribution in [0.15, 0.2) is 46.1 Å². The summed E-state index contributed by atoms with van der Waals surface area (Å²) in [5.74, 6) is -2.17. The van der Waals surface area contributed by atoms with Crippen molar-refractivity contribution in [2.45, 2.75) is 25.3 Å². The second-order valence-corrected chi connectivity index (χ2v) is 5.62. The number of alkyl halides is 6. The average Bonchev–Trinajstić information content (AvgIpc) is 3.10. The lowest BCUT2D eigenvalue weighted by molar-refractivity contribution is -0.159. The van der Waals surface area contributed by atoms with Gasteiger partial charge in [-0.2, -0.15) is 31.3 Å². The van der Waals surface area contributed by atoms with Crippen molar-refractivity contribution in [2.75, 3.05) is 0 Å². The minimum Gasteiger partial charge on any atom is -0.329 e. The average molecular weight is 404 g/mol. The lowest BCUT2D eigenvalue weighted by Gasteiger charge is -2.13. The fourth-order valence-corrected chi connectivity index (χ4v) is 2.47. The molecule has 0 saturated heterocycles. The summed E-state index contributed by atoms with van der Waals surface area (Å²) in [6, 6.07) is 3.36. The van der Waals surface area contributed by atoms with Crippen molar-refractivity contribution in [1.29, 1.82) is 0 Å². The van der Waals surface area contributed by atoms with E-state index in [4.69, 9.17) is 0 Å². The van der Waals surface area contributed by atoms with Gasteiger partial charge < -0.3 is 9.09 Å². The molecule has 0 radical (unpaired) electrons. The molecule has 0 fully saturated rings. The smallest absolute Gasteiger partial charge is 0.329 e. The molecule has 0 bridgehead atoms. The molecule has 3 aromatic rings. The number of aryl methyl sites for hydroxylation is 2. The topological polar surface area (TPSA) is 73.8 Å². The Bertz CT molecular complexity index is 1040. The van der Waals surface area contributed by atoms with Gasteiger partial charge in [-0.25, -0.2) is 0 Å². The summed E-state index contributed by atoms with van der Waals surface area (Å²) in [5, 5.41) is 3.14. The molecule has 0 amide bonds. The first-order valence-corrected chi connectivity index (χ1v) is 7.68. The lowest BCUT2D eigenvalue weighted by Crippen LogP contribution is -2.23. The van der Waals surface area contributed by atoms with Crippen LogP contribution in [-0.2, 0) is 25.3 Å². The van der Waals surface area contributed by atoms with Crippen LogP contribution in [0.3, 0.4) is 0 Å². The number of hydrogen-bond donors (Lipinski definition) is 0. The van der Waals surface area contributed by atoms with Gasteiger partial charge in [0.15, 0.2) is 0 Å². The van der Waals surface area contributed by atoms with Crippen molar-refractivity contribution in [1.82, 2.24) is 19.7 Å². The maximum atomic E-state index is 13.0. The van der Waals surface area contributed by atoms with Gasteiger partial charge in [-0.1, -0.05) is 5.16 Å². The highest BCUT2D eigenvalue weighted by molar-refractivity contribution is 5.52. The summed E-state index contributed by atoms with van der Waals surface area (Å²) < 4.78 is 81.9. The van der Waals surface area contributed by atoms with Crippen LogP contribution < -0.4 is 5.56 Å². The van der Waals surface area contributed by atoms with E-state index in [0.717, 1.165) is 23.0 Å². The molecule has 0 aromatic carbocycles. The Morgan fingerprint density at radius 2 is 1.82 bits per heavy atom. The number of hydrogen-bond acceptors (Lipinski definition) is 5. The predicted octanol–water partition coefficient (Wildman–Crippen LogP) is 3.57. The molecule has 0 saturated carbocycles. The van der Waals surface area contributed by atoms with Crippen LogP contribution >= 0.6 is 0 Å². The van der Waals surface area contributed by atoms with Crippen LogP contribution in [0.4, 0.5) is 26.3 Å². The van der Waals surface area contributed by atoms with E-state index in [2.05, 4.69) is 19.6 Å². The SMILES string of the molecule is O=c1c(-c2noc(C(F)(F)F)n2)cccn1CCc1cnccc1C(F)(F)F. The summed E-state index contributed by atoms with van der Waals surface area (Å²) in [5.41, 5.74) is -2.04. The van der Waals surface area contributed by atoms with Crippen LogP contribution in [-0.4, -0.2) is 19.7 Å². The Kier molecular flexibility index (Phi) is 4.96. The molecule has 0 aliphatic carbocycles. The summed E-state index contributed by atoms with van der Waals surface area (Å²) in [7, 11) is 0. The molecule has 3 rings (SSSR count). The second-order valence-electron chi connectivity index (χ2n) is 5.62. The normalized spacial score (nSPS) is 12.4. The molecule has 6 nitrogen and oxygen atoms in total. The number of rotatable bonds is 4. The molecule has 0 N–H and O–H groups in total. The Hall–Kier alpha value is -3.18. The van der Waals surface area contributed by atoms with E-state index in [9.17, 15) is 31.1 Å². The Labute approximate surface area is 152 Å². The first-order valence-electron chi connectivity index (χ1n) is 7.68. The molecular formula is C16H10F6N4O2. The molecule has 0 spiro atoms. The van der Waals surface area contributed by atoms with Crippen molar-refractivity contribution >= 4 is 0 Å². The summed E-state index contributed by atoms with van der Waals surface area (Å²) in [6.45, 7) is -0.161. The number of halogens is 6. The first kappa shape index (κ1) is 19.6. The van der Waals surface area contributed by atoms with Gasteiger partial charge in [-0.3, -0.25) is 9.78 Å². The van der Waals surface area contributed by atoms with E-state index in [0.29, 0.717) is 0 Å². The monoisotopic (exact) mass is 404 g/mol. The fraction of sp³-hybridized carbons (Fsp3) is 0.250. The van der Waals surface area contributed by atoms with Gasteiger partial charge in [-0.15, -0.1) is 0 Å². The molecular weight excluding hydrogens is 394 g/mol. The third-order valence-electron chi connectivity index (χ3n) is 3.76. The van der Waals surface area contributed by atoms with E-state index >= 15 is 0 Å². The predicted molar refractivity (Wildman–Crippen MR) is 81.9 cm³/mol. The summed E-state index contributed by atoms with van der Waals surface area (Å²) in [6.07, 6.45) is -6.27. The summed E-state index contributed by atoms with van der Waals surface area (Å²) in [4.78, 5) is 19.3. The quantitative estimate of drug-likeness (QED) is 0.622. The van der Waals surface area contributed by atoms with Gasteiger partial charge >= 0.3 is 18.2 Å². The third-order valence-corrected chi connectivity index (χ3v) is 3.76. The Balaban J connectivity index is 1.87. The second kappa shape index (κ2) is 7.09. The number of pyridine rings is 2. The zero-order valence-corrected chi connectivity index (χ0v) is 13.8. The Morgan fingerprint density at radius 3 is 2.46 bits per heavy atom. The maximum Gasteiger partial charge on any atom is 0.471 e. The summed E-state index contributed by atoms with van der Waals surface area (Å²) >= 11 is 0. The largest absolute Gasteiger partial charge is 0.471 e. The molecule has 0 atom stereocenters. The lowest BCUT2D eigenvalue weighted by atomic mass is 10.1. The van der Waals surface area contributed by atoms with Crippen LogP contribution in [0.25, 0.3) is 11.4 Å². The van der Waals surface area contributed by atoms with Crippen molar-refractivity contribution in [2.24, 2.45) is 0 Å². The zero-order valence-electron chi connectivity index (χ0n) is 13.8. The van der Waals surface area contributed by atoms with E-state index < -0.39 is 35.2 Å². The van der Waals surface area contributed by atoms with E-state index in [-0.39, 0.29) is 24.1 Å². The van der Waals surface area contributed by atoms with E-state index in [1.807, 2.05) is 0 Å². The van der Waals surface area contributed by atoms with Crippen LogP contribution in [0.5, 0.6) is 0 Å². The Morgan fingerprint density at radius 1 is 1.07 bits per heavy atom. The number of nitrogens with zero attached hydrogens (tertiary/aromatic N) is 4. The third kappa shape index (κ3) is 4.05. The van der Waals surface area contributed by atoms with Crippen LogP contribution in [0, 0.1) is 0 Å². The van der Waals surface area contributed by atoms with Gasteiger partial charge in [-0.05, 0) is 30.2 Å². The molecule has 0 unspecified atom stereocenters. The van der Waals surface area contributed by atoms with Gasteiger partial charge in [0.1, 0.15) is 0 Å². The maximum absolute atomic E-state index is 13.0. The zero-order chi connectivity index (χ0) is 20.5. The van der Waals surface area contributed by atoms with E-state index in [1.54, 1.807) is 0 Å². The van der Waals surface area contributed by atoms with E-state index in [1.165, 1.54) is 18.3 Å². The van der Waals surface area contributed by atoms with Crippen molar-refractivity contribution < 1.29 is 30.9 Å². The fourth-order valence-electron chi connectivity index (χ4n) is 2.47. The minimum absolute atomic E-state index is 0.119. The molecule has 148 valence electrons. The van der Waals surface area contributed by atoms with Crippen LogP contribution in [0.2, 0.25) is 0 Å². The van der Waals surface area contributed by atoms with Gasteiger partial charge in [0.25, 0.3) is 5.56 Å². The molecule has 28 heavy (non-hydrogen) atoms. The standard InChI is InChI=1S/C16H10F6N4O2/c17-15(18,19)11-3-5-23-8-9(11)4-7-26-6-1-2-10(13(26)27)12-24-14(28-25-12)16(20,21)22/h1-3,5-6,8H,4,7H2. The number of aromatic nitrogens is 4. The highest BCUT2D eigenvalue weighted by Gasteiger charge is 2.38. The minimum atomic E-state index is -4.87. The van der Waals surface area contributed by atoms with Gasteiger partial charge in [0.2, 0.25) is 5.82 Å².